The standard InChI is InChI=1S/C22H20ClN3O4S/c23-18-7-9-20(10-8-18)31(28,29)26-15-19(12-17-5-1-2-6-21(17)26)30-22(27)25-14-16-4-3-11-24-13-16/h1-11,13,19H,12,14-15H2,(H,25,27). The van der Waals surface area contributed by atoms with E-state index in [1.54, 1.807) is 30.6 Å². The lowest BCUT2D eigenvalue weighted by Crippen LogP contribution is -2.45. The van der Waals surface area contributed by atoms with Crippen molar-refractivity contribution in [3.05, 3.63) is 89.2 Å². The molecular weight excluding hydrogens is 438 g/mol. The zero-order chi connectivity index (χ0) is 21.8. The molecule has 1 aliphatic heterocycles. The monoisotopic (exact) mass is 457 g/mol. The van der Waals surface area contributed by atoms with E-state index in [0.29, 0.717) is 17.1 Å². The van der Waals surface area contributed by atoms with Gasteiger partial charge in [-0.2, -0.15) is 0 Å². The number of pyridine rings is 1. The Labute approximate surface area is 185 Å². The van der Waals surface area contributed by atoms with E-state index in [2.05, 4.69) is 10.3 Å². The van der Waals surface area contributed by atoms with E-state index >= 15 is 0 Å². The van der Waals surface area contributed by atoms with Crippen LogP contribution in [0, 0.1) is 0 Å². The fraction of sp³-hybridized carbons (Fsp3) is 0.182. The van der Waals surface area contributed by atoms with Gasteiger partial charge >= 0.3 is 6.09 Å². The first-order valence-electron chi connectivity index (χ1n) is 9.63. The van der Waals surface area contributed by atoms with E-state index in [1.165, 1.54) is 28.6 Å². The Morgan fingerprint density at radius 2 is 1.90 bits per heavy atom. The summed E-state index contributed by atoms with van der Waals surface area (Å²) in [5, 5.41) is 3.13. The number of sulfonamides is 1. The number of fused-ring (bicyclic) bond motifs is 1. The van der Waals surface area contributed by atoms with Gasteiger partial charge in [0.25, 0.3) is 10.0 Å². The van der Waals surface area contributed by atoms with Crippen molar-refractivity contribution in [2.75, 3.05) is 10.8 Å². The highest BCUT2D eigenvalue weighted by molar-refractivity contribution is 7.92. The van der Waals surface area contributed by atoms with Gasteiger partial charge in [-0.15, -0.1) is 0 Å². The van der Waals surface area contributed by atoms with Crippen molar-refractivity contribution in [2.24, 2.45) is 0 Å². The van der Waals surface area contributed by atoms with Crippen LogP contribution in [0.4, 0.5) is 10.5 Å². The maximum atomic E-state index is 13.3. The van der Waals surface area contributed by atoms with Gasteiger partial charge in [-0.25, -0.2) is 13.2 Å². The molecule has 4 rings (SSSR count). The molecule has 1 unspecified atom stereocenters. The Balaban J connectivity index is 1.53. The van der Waals surface area contributed by atoms with Gasteiger partial charge in [0.05, 0.1) is 17.1 Å². The van der Waals surface area contributed by atoms with Gasteiger partial charge in [0.15, 0.2) is 0 Å². The van der Waals surface area contributed by atoms with Gasteiger partial charge in [0.2, 0.25) is 0 Å². The van der Waals surface area contributed by atoms with E-state index in [-0.39, 0.29) is 18.0 Å². The number of para-hydroxylation sites is 1. The van der Waals surface area contributed by atoms with E-state index in [1.807, 2.05) is 18.2 Å². The van der Waals surface area contributed by atoms with Crippen molar-refractivity contribution in [1.82, 2.24) is 10.3 Å². The maximum absolute atomic E-state index is 13.3. The van der Waals surface area contributed by atoms with Gasteiger partial charge < -0.3 is 10.1 Å². The molecule has 0 saturated carbocycles. The molecule has 1 atom stereocenters. The minimum absolute atomic E-state index is 0.0162. The van der Waals surface area contributed by atoms with Crippen molar-refractivity contribution < 1.29 is 17.9 Å². The van der Waals surface area contributed by atoms with Crippen LogP contribution in [-0.2, 0) is 27.7 Å². The second-order valence-corrected chi connectivity index (χ2v) is 9.36. The number of carbonyl (C=O) groups excluding carboxylic acids is 1. The van der Waals surface area contributed by atoms with Crippen molar-refractivity contribution in [1.29, 1.82) is 0 Å². The number of anilines is 1. The lowest BCUT2D eigenvalue weighted by Gasteiger charge is -2.34. The SMILES string of the molecule is O=C(NCc1cccnc1)OC1Cc2ccccc2N(S(=O)(=O)c2ccc(Cl)cc2)C1. The van der Waals surface area contributed by atoms with Crippen LogP contribution in [0.15, 0.2) is 78.0 Å². The summed E-state index contributed by atoms with van der Waals surface area (Å²) in [6.45, 7) is 0.283. The minimum Gasteiger partial charge on any atom is -0.444 e. The quantitative estimate of drug-likeness (QED) is 0.629. The Hall–Kier alpha value is -3.10. The van der Waals surface area contributed by atoms with Crippen LogP contribution < -0.4 is 9.62 Å². The molecule has 160 valence electrons. The number of nitrogens with zero attached hydrogens (tertiary/aromatic N) is 2. The average Bonchev–Trinajstić information content (AvgIpc) is 2.78. The number of amides is 1. The number of rotatable bonds is 5. The van der Waals surface area contributed by atoms with E-state index in [4.69, 9.17) is 16.3 Å². The molecule has 3 aromatic rings. The molecule has 0 fully saturated rings. The summed E-state index contributed by atoms with van der Waals surface area (Å²) in [4.78, 5) is 16.4. The van der Waals surface area contributed by atoms with Crippen LogP contribution in [0.3, 0.4) is 0 Å². The third-order valence-electron chi connectivity index (χ3n) is 4.91. The molecule has 2 heterocycles. The number of benzene rings is 2. The average molecular weight is 458 g/mol. The Kier molecular flexibility index (Phi) is 6.11. The molecule has 0 saturated heterocycles. The van der Waals surface area contributed by atoms with Crippen LogP contribution in [0.1, 0.15) is 11.1 Å². The van der Waals surface area contributed by atoms with Crippen LogP contribution in [0.2, 0.25) is 5.02 Å². The third kappa shape index (κ3) is 4.81. The zero-order valence-electron chi connectivity index (χ0n) is 16.4. The number of hydrogen-bond acceptors (Lipinski definition) is 5. The highest BCUT2D eigenvalue weighted by Gasteiger charge is 2.34. The topological polar surface area (TPSA) is 88.6 Å². The number of alkyl carbamates (subject to hydrolysis) is 1. The molecular formula is C22H20ClN3O4S. The van der Waals surface area contributed by atoms with Gasteiger partial charge in [0, 0.05) is 30.4 Å². The zero-order valence-corrected chi connectivity index (χ0v) is 18.0. The molecule has 0 radical (unpaired) electrons. The van der Waals surface area contributed by atoms with Gasteiger partial charge in [0.1, 0.15) is 6.10 Å². The van der Waals surface area contributed by atoms with Crippen molar-refractivity contribution in [2.45, 2.75) is 24.0 Å². The number of ether oxygens (including phenoxy) is 1. The summed E-state index contributed by atoms with van der Waals surface area (Å²) in [6.07, 6.45) is 2.47. The highest BCUT2D eigenvalue weighted by Crippen LogP contribution is 2.33. The summed E-state index contributed by atoms with van der Waals surface area (Å²) < 4.78 is 33.5. The predicted molar refractivity (Wildman–Crippen MR) is 117 cm³/mol. The predicted octanol–water partition coefficient (Wildman–Crippen LogP) is 3.78. The van der Waals surface area contributed by atoms with Crippen LogP contribution in [0.5, 0.6) is 0 Å². The van der Waals surface area contributed by atoms with Crippen molar-refractivity contribution in [3.8, 4) is 0 Å². The number of hydrogen-bond donors (Lipinski definition) is 1. The van der Waals surface area contributed by atoms with Gasteiger partial charge in [-0.3, -0.25) is 9.29 Å². The lowest BCUT2D eigenvalue weighted by molar-refractivity contribution is 0.0997. The second-order valence-electron chi connectivity index (χ2n) is 7.07. The van der Waals surface area contributed by atoms with Crippen molar-refractivity contribution >= 4 is 33.4 Å². The summed E-state index contributed by atoms with van der Waals surface area (Å²) in [7, 11) is -3.86. The first-order valence-corrected chi connectivity index (χ1v) is 11.4. The molecule has 1 aliphatic rings. The number of halogens is 1. The van der Waals surface area contributed by atoms with E-state index < -0.39 is 22.2 Å². The second kappa shape index (κ2) is 8.95. The smallest absolute Gasteiger partial charge is 0.407 e. The molecule has 1 amide bonds. The highest BCUT2D eigenvalue weighted by atomic mass is 35.5. The van der Waals surface area contributed by atoms with Crippen LogP contribution >= 0.6 is 11.6 Å². The normalized spacial score (nSPS) is 15.8. The fourth-order valence-electron chi connectivity index (χ4n) is 3.43. The summed E-state index contributed by atoms with van der Waals surface area (Å²) >= 11 is 5.91. The number of nitrogens with one attached hydrogen (secondary N) is 1. The first-order chi connectivity index (χ1) is 14.9. The van der Waals surface area contributed by atoms with Gasteiger partial charge in [-0.1, -0.05) is 35.9 Å². The first kappa shape index (κ1) is 21.1. The molecule has 0 bridgehead atoms. The Bertz CT molecular complexity index is 1170. The minimum atomic E-state index is -3.86. The van der Waals surface area contributed by atoms with E-state index in [0.717, 1.165) is 11.1 Å². The molecule has 1 N–H and O–H groups in total. The van der Waals surface area contributed by atoms with Gasteiger partial charge in [-0.05, 0) is 47.5 Å². The molecule has 31 heavy (non-hydrogen) atoms. The number of aromatic nitrogens is 1. The molecule has 1 aromatic heterocycles. The summed E-state index contributed by atoms with van der Waals surface area (Å²) in [5.74, 6) is 0. The largest absolute Gasteiger partial charge is 0.444 e. The lowest BCUT2D eigenvalue weighted by atomic mass is 10.0. The molecule has 7 nitrogen and oxygen atoms in total. The van der Waals surface area contributed by atoms with Crippen LogP contribution in [0.25, 0.3) is 0 Å². The number of carbonyl (C=O) groups is 1. The summed E-state index contributed by atoms with van der Waals surface area (Å²) in [5.41, 5.74) is 2.20. The fourth-order valence-corrected chi connectivity index (χ4v) is 5.09. The van der Waals surface area contributed by atoms with E-state index in [9.17, 15) is 13.2 Å². The third-order valence-corrected chi connectivity index (χ3v) is 6.96. The maximum Gasteiger partial charge on any atom is 0.407 e. The Morgan fingerprint density at radius 3 is 2.65 bits per heavy atom. The van der Waals surface area contributed by atoms with Crippen LogP contribution in [-0.4, -0.2) is 32.1 Å². The molecule has 9 heteroatoms. The molecule has 2 aromatic carbocycles. The molecule has 0 aliphatic carbocycles. The van der Waals surface area contributed by atoms with Crippen molar-refractivity contribution in [3.63, 3.8) is 0 Å². The summed E-state index contributed by atoms with van der Waals surface area (Å²) in [6, 6.07) is 16.8. The molecule has 0 spiro atoms. The Morgan fingerprint density at radius 1 is 1.13 bits per heavy atom.